The van der Waals surface area contributed by atoms with E-state index in [1.807, 2.05) is 0 Å². The highest BCUT2D eigenvalue weighted by Crippen LogP contribution is 2.37. The van der Waals surface area contributed by atoms with Gasteiger partial charge in [-0.3, -0.25) is 0 Å². The van der Waals surface area contributed by atoms with Gasteiger partial charge in [-0.25, -0.2) is 17.7 Å². The lowest BCUT2D eigenvalue weighted by Crippen LogP contribution is -2.34. The quantitative estimate of drug-likeness (QED) is 0.825. The van der Waals surface area contributed by atoms with Crippen LogP contribution in [-0.2, 0) is 10.0 Å². The van der Waals surface area contributed by atoms with Crippen molar-refractivity contribution < 1.29 is 8.42 Å². The summed E-state index contributed by atoms with van der Waals surface area (Å²) in [6.07, 6.45) is 6.13. The average Bonchev–Trinajstić information content (AvgIpc) is 2.95. The van der Waals surface area contributed by atoms with Crippen LogP contribution in [0.1, 0.15) is 25.7 Å². The molecule has 0 aromatic carbocycles. The van der Waals surface area contributed by atoms with Crippen molar-refractivity contribution in [2.75, 3.05) is 32.5 Å². The molecule has 0 bridgehead atoms. The van der Waals surface area contributed by atoms with Gasteiger partial charge < -0.3 is 11.1 Å². The van der Waals surface area contributed by atoms with Crippen LogP contribution in [0, 0.1) is 5.41 Å². The molecule has 0 aliphatic heterocycles. The van der Waals surface area contributed by atoms with Crippen molar-refractivity contribution in [3.05, 3.63) is 18.3 Å². The third-order valence-electron chi connectivity index (χ3n) is 4.26. The highest BCUT2D eigenvalue weighted by molar-refractivity contribution is 7.89. The molecule has 21 heavy (non-hydrogen) atoms. The summed E-state index contributed by atoms with van der Waals surface area (Å²) < 4.78 is 25.1. The van der Waals surface area contributed by atoms with E-state index in [-0.39, 0.29) is 10.3 Å². The molecule has 0 amide bonds. The van der Waals surface area contributed by atoms with Crippen molar-refractivity contribution in [1.29, 1.82) is 0 Å². The lowest BCUT2D eigenvalue weighted by molar-refractivity contribution is 0.332. The zero-order valence-corrected chi connectivity index (χ0v) is 13.5. The van der Waals surface area contributed by atoms with Gasteiger partial charge in [0, 0.05) is 26.8 Å². The van der Waals surface area contributed by atoms with Crippen LogP contribution in [0.25, 0.3) is 0 Å². The molecule has 0 unspecified atom stereocenters. The number of hydrogen-bond acceptors (Lipinski definition) is 5. The van der Waals surface area contributed by atoms with Crippen LogP contribution < -0.4 is 11.1 Å². The summed E-state index contributed by atoms with van der Waals surface area (Å²) in [6.45, 7) is 1.46. The van der Waals surface area contributed by atoms with Gasteiger partial charge in [0.2, 0.25) is 10.0 Å². The molecule has 0 spiro atoms. The second kappa shape index (κ2) is 6.29. The van der Waals surface area contributed by atoms with Crippen LogP contribution in [0.5, 0.6) is 0 Å². The summed E-state index contributed by atoms with van der Waals surface area (Å²) in [6, 6.07) is 3.28. The highest BCUT2D eigenvalue weighted by atomic mass is 32.2. The van der Waals surface area contributed by atoms with Crippen molar-refractivity contribution in [3.63, 3.8) is 0 Å². The number of nitrogens with one attached hydrogen (secondary N) is 1. The molecule has 1 saturated carbocycles. The van der Waals surface area contributed by atoms with Crippen LogP contribution in [0.4, 0.5) is 5.82 Å². The van der Waals surface area contributed by atoms with Crippen LogP contribution in [0.3, 0.4) is 0 Å². The standard InChI is InChI=1S/C14H24N4O2S/c1-18(2)21(19,20)12-5-6-13(16-9-12)17-11-14(10-15)7-3-4-8-14/h5-6,9H,3-4,7-8,10-11,15H2,1-2H3,(H,16,17). The summed E-state index contributed by atoms with van der Waals surface area (Å²) in [5, 5.41) is 3.29. The maximum Gasteiger partial charge on any atom is 0.244 e. The lowest BCUT2D eigenvalue weighted by atomic mass is 9.86. The first-order valence-electron chi connectivity index (χ1n) is 7.22. The molecule has 1 aliphatic carbocycles. The third-order valence-corrected chi connectivity index (χ3v) is 6.06. The Labute approximate surface area is 126 Å². The van der Waals surface area contributed by atoms with Gasteiger partial charge in [0.15, 0.2) is 0 Å². The largest absolute Gasteiger partial charge is 0.369 e. The van der Waals surface area contributed by atoms with E-state index in [4.69, 9.17) is 5.73 Å². The van der Waals surface area contributed by atoms with Crippen LogP contribution in [0.15, 0.2) is 23.2 Å². The first-order chi connectivity index (χ1) is 9.89. The minimum atomic E-state index is -3.42. The molecule has 0 saturated heterocycles. The third kappa shape index (κ3) is 3.53. The lowest BCUT2D eigenvalue weighted by Gasteiger charge is -2.27. The minimum absolute atomic E-state index is 0.163. The summed E-state index contributed by atoms with van der Waals surface area (Å²) in [4.78, 5) is 4.40. The first-order valence-corrected chi connectivity index (χ1v) is 8.66. The van der Waals surface area contributed by atoms with Gasteiger partial charge in [0.05, 0.1) is 0 Å². The number of hydrogen-bond donors (Lipinski definition) is 2. The van der Waals surface area contributed by atoms with E-state index in [1.54, 1.807) is 12.1 Å². The number of nitrogens with zero attached hydrogens (tertiary/aromatic N) is 2. The predicted molar refractivity (Wildman–Crippen MR) is 83.6 cm³/mol. The summed E-state index contributed by atoms with van der Waals surface area (Å²) in [5.74, 6) is 0.687. The highest BCUT2D eigenvalue weighted by Gasteiger charge is 2.32. The summed E-state index contributed by atoms with van der Waals surface area (Å²) in [5.41, 5.74) is 6.06. The zero-order chi connectivity index (χ0) is 15.5. The molecule has 118 valence electrons. The molecular formula is C14H24N4O2S. The zero-order valence-electron chi connectivity index (χ0n) is 12.7. The first kappa shape index (κ1) is 16.2. The van der Waals surface area contributed by atoms with Gasteiger partial charge in [-0.05, 0) is 36.9 Å². The van der Waals surface area contributed by atoms with Gasteiger partial charge in [-0.1, -0.05) is 12.8 Å². The van der Waals surface area contributed by atoms with Gasteiger partial charge in [-0.2, -0.15) is 0 Å². The van der Waals surface area contributed by atoms with E-state index in [1.165, 1.54) is 37.4 Å². The van der Waals surface area contributed by atoms with Gasteiger partial charge in [-0.15, -0.1) is 0 Å². The van der Waals surface area contributed by atoms with Crippen LogP contribution >= 0.6 is 0 Å². The Balaban J connectivity index is 2.03. The second-order valence-corrected chi connectivity index (χ2v) is 8.08. The molecule has 0 radical (unpaired) electrons. The van der Waals surface area contributed by atoms with E-state index >= 15 is 0 Å². The average molecular weight is 312 g/mol. The Morgan fingerprint density at radius 2 is 2.00 bits per heavy atom. The van der Waals surface area contributed by atoms with E-state index in [9.17, 15) is 8.42 Å². The SMILES string of the molecule is CN(C)S(=O)(=O)c1ccc(NCC2(CN)CCCC2)nc1. The van der Waals surface area contributed by atoms with Crippen molar-refractivity contribution in [2.45, 2.75) is 30.6 Å². The Kier molecular flexibility index (Phi) is 4.85. The topological polar surface area (TPSA) is 88.3 Å². The minimum Gasteiger partial charge on any atom is -0.369 e. The molecule has 1 heterocycles. The number of sulfonamides is 1. The molecule has 7 heteroatoms. The number of anilines is 1. The Morgan fingerprint density at radius 1 is 1.33 bits per heavy atom. The number of nitrogens with two attached hydrogens (primary N) is 1. The number of pyridine rings is 1. The van der Waals surface area contributed by atoms with E-state index < -0.39 is 10.0 Å². The molecule has 6 nitrogen and oxygen atoms in total. The Hall–Kier alpha value is -1.18. The van der Waals surface area contributed by atoms with Crippen molar-refractivity contribution in [3.8, 4) is 0 Å². The maximum atomic E-state index is 12.0. The Morgan fingerprint density at radius 3 is 2.48 bits per heavy atom. The number of rotatable bonds is 6. The summed E-state index contributed by atoms with van der Waals surface area (Å²) in [7, 11) is -0.405. The molecule has 2 rings (SSSR count). The smallest absolute Gasteiger partial charge is 0.244 e. The van der Waals surface area contributed by atoms with Crippen LogP contribution in [-0.4, -0.2) is 44.9 Å². The van der Waals surface area contributed by atoms with Crippen molar-refractivity contribution in [2.24, 2.45) is 11.1 Å². The second-order valence-electron chi connectivity index (χ2n) is 5.93. The fourth-order valence-electron chi connectivity index (χ4n) is 2.70. The molecule has 0 atom stereocenters. The number of aromatic nitrogens is 1. The van der Waals surface area contributed by atoms with Gasteiger partial charge >= 0.3 is 0 Å². The van der Waals surface area contributed by atoms with Crippen LogP contribution in [0.2, 0.25) is 0 Å². The summed E-state index contributed by atoms with van der Waals surface area (Å²) >= 11 is 0. The molecule has 1 aromatic heterocycles. The molecule has 3 N–H and O–H groups in total. The van der Waals surface area contributed by atoms with E-state index in [2.05, 4.69) is 10.3 Å². The molecule has 1 aromatic rings. The predicted octanol–water partition coefficient (Wildman–Crippen LogP) is 1.26. The monoisotopic (exact) mass is 312 g/mol. The van der Waals surface area contributed by atoms with Gasteiger partial charge in [0.25, 0.3) is 0 Å². The maximum absolute atomic E-state index is 12.0. The molecule has 1 aliphatic rings. The van der Waals surface area contributed by atoms with E-state index in [0.717, 1.165) is 19.4 Å². The van der Waals surface area contributed by atoms with Crippen molar-refractivity contribution in [1.82, 2.24) is 9.29 Å². The molecular weight excluding hydrogens is 288 g/mol. The van der Waals surface area contributed by atoms with Crippen molar-refractivity contribution >= 4 is 15.8 Å². The fraction of sp³-hybridized carbons (Fsp3) is 0.643. The molecule has 1 fully saturated rings. The van der Waals surface area contributed by atoms with Gasteiger partial charge in [0.1, 0.15) is 10.7 Å². The Bertz CT molecular complexity index is 563. The fourth-order valence-corrected chi connectivity index (χ4v) is 3.55. The normalized spacial score (nSPS) is 18.1. The van der Waals surface area contributed by atoms with E-state index in [0.29, 0.717) is 12.4 Å².